The molecule has 1 aliphatic carbocycles. The molecule has 1 aromatic heterocycles. The monoisotopic (exact) mass is 335 g/mol. The summed E-state index contributed by atoms with van der Waals surface area (Å²) in [6.45, 7) is 0. The molecule has 1 fully saturated rings. The Hall–Kier alpha value is -0.670. The number of benzene rings is 1. The molecule has 0 amide bonds. The molecule has 1 aliphatic rings. The molecule has 0 aliphatic heterocycles. The Labute approximate surface area is 127 Å². The van der Waals surface area contributed by atoms with E-state index >= 15 is 0 Å². The third kappa shape index (κ3) is 3.09. The van der Waals surface area contributed by atoms with Gasteiger partial charge in [-0.05, 0) is 24.3 Å². The zero-order valence-corrected chi connectivity index (χ0v) is 13.3. The summed E-state index contributed by atoms with van der Waals surface area (Å²) in [7, 11) is 0. The molecule has 0 N–H and O–H groups in total. The Morgan fingerprint density at radius 3 is 2.47 bits per heavy atom. The summed E-state index contributed by atoms with van der Waals surface area (Å²) < 4.78 is 0. The molecule has 100 valence electrons. The van der Waals surface area contributed by atoms with Crippen LogP contribution < -0.4 is 0 Å². The molecule has 0 spiro atoms. The van der Waals surface area contributed by atoms with E-state index in [-0.39, 0.29) is 0 Å². The van der Waals surface area contributed by atoms with E-state index in [0.717, 1.165) is 21.9 Å². The van der Waals surface area contributed by atoms with Gasteiger partial charge in [0.25, 0.3) is 0 Å². The van der Waals surface area contributed by atoms with E-state index in [1.807, 2.05) is 0 Å². The number of thiazole rings is 1. The van der Waals surface area contributed by atoms with E-state index in [9.17, 15) is 0 Å². The minimum absolute atomic E-state index is 0.788. The molecule has 0 atom stereocenters. The molecule has 1 heterocycles. The van der Waals surface area contributed by atoms with Gasteiger partial charge >= 0.3 is 0 Å². The Morgan fingerprint density at radius 1 is 1.11 bits per heavy atom. The highest BCUT2D eigenvalue weighted by molar-refractivity contribution is 9.08. The van der Waals surface area contributed by atoms with Gasteiger partial charge in [-0.25, -0.2) is 4.98 Å². The first-order valence-corrected chi connectivity index (χ1v) is 8.97. The third-order valence-electron chi connectivity index (χ3n) is 3.95. The van der Waals surface area contributed by atoms with E-state index in [2.05, 4.69) is 50.6 Å². The quantitative estimate of drug-likeness (QED) is 0.650. The van der Waals surface area contributed by atoms with Crippen molar-refractivity contribution in [1.29, 1.82) is 0 Å². The highest BCUT2D eigenvalue weighted by Gasteiger charge is 2.15. The van der Waals surface area contributed by atoms with Gasteiger partial charge in [-0.2, -0.15) is 0 Å². The Morgan fingerprint density at radius 2 is 1.84 bits per heavy atom. The largest absolute Gasteiger partial charge is 0.240 e. The lowest BCUT2D eigenvalue weighted by molar-refractivity contribution is 0.443. The van der Waals surface area contributed by atoms with Crippen LogP contribution in [0, 0.1) is 0 Å². The van der Waals surface area contributed by atoms with E-state index < -0.39 is 0 Å². The maximum Gasteiger partial charge on any atom is 0.104 e. The molecule has 1 saturated carbocycles. The summed E-state index contributed by atoms with van der Waals surface area (Å²) >= 11 is 5.17. The van der Waals surface area contributed by atoms with Crippen LogP contribution in [0.3, 0.4) is 0 Å². The number of aromatic nitrogens is 1. The normalized spacial score (nSPS) is 16.7. The Balaban J connectivity index is 1.78. The van der Waals surface area contributed by atoms with E-state index in [1.165, 1.54) is 43.2 Å². The van der Waals surface area contributed by atoms with Gasteiger partial charge in [0.05, 0.1) is 11.0 Å². The summed E-state index contributed by atoms with van der Waals surface area (Å²) in [6, 6.07) is 9.07. The molecule has 0 radical (unpaired) electrons. The Kier molecular flexibility index (Phi) is 4.34. The van der Waals surface area contributed by atoms with Crippen molar-refractivity contribution >= 4 is 27.3 Å². The van der Waals surface area contributed by atoms with Crippen LogP contribution in [0.2, 0.25) is 0 Å². The summed E-state index contributed by atoms with van der Waals surface area (Å²) in [6.07, 6.45) is 6.94. The van der Waals surface area contributed by atoms with Gasteiger partial charge in [0.2, 0.25) is 0 Å². The molecule has 2 aromatic rings. The van der Waals surface area contributed by atoms with E-state index in [0.29, 0.717) is 0 Å². The molecule has 1 aromatic carbocycles. The van der Waals surface area contributed by atoms with Crippen LogP contribution in [0.15, 0.2) is 29.6 Å². The third-order valence-corrected chi connectivity index (χ3v) is 5.70. The smallest absolute Gasteiger partial charge is 0.104 e. The molecule has 3 rings (SSSR count). The predicted octanol–water partition coefficient (Wildman–Crippen LogP) is 5.75. The fraction of sp³-hybridized carbons (Fsp3) is 0.438. The van der Waals surface area contributed by atoms with Gasteiger partial charge in [0.1, 0.15) is 5.01 Å². The maximum absolute atomic E-state index is 4.61. The molecule has 1 nitrogen and oxygen atoms in total. The summed E-state index contributed by atoms with van der Waals surface area (Å²) in [5.41, 5.74) is 3.86. The van der Waals surface area contributed by atoms with Crippen molar-refractivity contribution in [3.63, 3.8) is 0 Å². The number of hydrogen-bond donors (Lipinski definition) is 0. The topological polar surface area (TPSA) is 12.9 Å². The maximum atomic E-state index is 4.61. The zero-order chi connectivity index (χ0) is 13.1. The van der Waals surface area contributed by atoms with Crippen LogP contribution in [-0.2, 0) is 5.33 Å². The van der Waals surface area contributed by atoms with Gasteiger partial charge in [0.15, 0.2) is 0 Å². The van der Waals surface area contributed by atoms with Crippen LogP contribution in [0.1, 0.15) is 48.6 Å². The molecule has 0 bridgehead atoms. The molecule has 3 heteroatoms. The number of alkyl halides is 1. The first kappa shape index (κ1) is 13.3. The summed E-state index contributed by atoms with van der Waals surface area (Å²) in [5.74, 6) is 0.788. The van der Waals surface area contributed by atoms with Crippen molar-refractivity contribution in [3.05, 3.63) is 40.2 Å². The van der Waals surface area contributed by atoms with Crippen molar-refractivity contribution in [2.24, 2.45) is 0 Å². The minimum atomic E-state index is 0.788. The van der Waals surface area contributed by atoms with E-state index in [1.54, 1.807) is 11.3 Å². The molecule has 19 heavy (non-hydrogen) atoms. The lowest BCUT2D eigenvalue weighted by atomic mass is 9.84. The van der Waals surface area contributed by atoms with Crippen LogP contribution in [-0.4, -0.2) is 4.98 Å². The number of nitrogens with zero attached hydrogens (tertiary/aromatic N) is 1. The van der Waals surface area contributed by atoms with Gasteiger partial charge in [-0.15, -0.1) is 11.3 Å². The SMILES string of the molecule is BrCc1nc(-c2ccc(C3CCCCC3)cc2)cs1. The minimum Gasteiger partial charge on any atom is -0.240 e. The van der Waals surface area contributed by atoms with E-state index in [4.69, 9.17) is 0 Å². The molecular weight excluding hydrogens is 318 g/mol. The van der Waals surface area contributed by atoms with Crippen LogP contribution in [0.4, 0.5) is 0 Å². The average molecular weight is 336 g/mol. The first-order chi connectivity index (χ1) is 9.36. The fourth-order valence-corrected chi connectivity index (χ4v) is 4.04. The van der Waals surface area contributed by atoms with Gasteiger partial charge in [-0.1, -0.05) is 59.5 Å². The van der Waals surface area contributed by atoms with Gasteiger partial charge < -0.3 is 0 Å². The highest BCUT2D eigenvalue weighted by Crippen LogP contribution is 2.33. The summed E-state index contributed by atoms with van der Waals surface area (Å²) in [5, 5.41) is 4.13. The zero-order valence-electron chi connectivity index (χ0n) is 10.9. The van der Waals surface area contributed by atoms with Crippen molar-refractivity contribution < 1.29 is 0 Å². The van der Waals surface area contributed by atoms with Crippen molar-refractivity contribution in [3.8, 4) is 11.3 Å². The van der Waals surface area contributed by atoms with Crippen LogP contribution >= 0.6 is 27.3 Å². The van der Waals surface area contributed by atoms with Gasteiger partial charge in [-0.3, -0.25) is 0 Å². The molecule has 0 unspecified atom stereocenters. The average Bonchev–Trinajstić information content (AvgIpc) is 2.97. The second-order valence-corrected chi connectivity index (χ2v) is 6.72. The molecular formula is C16H18BrNS. The fourth-order valence-electron chi connectivity index (χ4n) is 2.87. The van der Waals surface area contributed by atoms with Crippen molar-refractivity contribution in [2.45, 2.75) is 43.4 Å². The van der Waals surface area contributed by atoms with Crippen LogP contribution in [0.5, 0.6) is 0 Å². The second-order valence-electron chi connectivity index (χ2n) is 5.22. The second kappa shape index (κ2) is 6.19. The number of rotatable bonds is 3. The Bertz CT molecular complexity index is 526. The first-order valence-electron chi connectivity index (χ1n) is 6.97. The lowest BCUT2D eigenvalue weighted by Crippen LogP contribution is -2.04. The number of hydrogen-bond acceptors (Lipinski definition) is 2. The molecule has 0 saturated heterocycles. The predicted molar refractivity (Wildman–Crippen MR) is 86.0 cm³/mol. The standard InChI is InChI=1S/C16H18BrNS/c17-10-16-18-15(11-19-16)14-8-6-13(7-9-14)12-4-2-1-3-5-12/h6-9,11-12H,1-5,10H2. The highest BCUT2D eigenvalue weighted by atomic mass is 79.9. The van der Waals surface area contributed by atoms with Crippen molar-refractivity contribution in [2.75, 3.05) is 0 Å². The van der Waals surface area contributed by atoms with Crippen LogP contribution in [0.25, 0.3) is 11.3 Å². The van der Waals surface area contributed by atoms with Crippen molar-refractivity contribution in [1.82, 2.24) is 4.98 Å². The number of halogens is 1. The summed E-state index contributed by atoms with van der Waals surface area (Å²) in [4.78, 5) is 4.61. The lowest BCUT2D eigenvalue weighted by Gasteiger charge is -2.22. The van der Waals surface area contributed by atoms with Gasteiger partial charge in [0, 0.05) is 10.9 Å².